The van der Waals surface area contributed by atoms with E-state index in [1.54, 1.807) is 12.1 Å². The maximum absolute atomic E-state index is 11.7. The molecule has 1 aromatic rings. The standard InChI is InChI=1S/C12H17ClN2O/c1-3-9(4-2)7-15-12(16)11-6-5-10(13)8-14-11/h5-6,8-9H,3-4,7H2,1-2H3,(H,15,16). The first-order valence-electron chi connectivity index (χ1n) is 5.57. The number of hydrogen-bond acceptors (Lipinski definition) is 2. The van der Waals surface area contributed by atoms with Crippen LogP contribution in [0, 0.1) is 5.92 Å². The molecule has 0 aromatic carbocycles. The molecule has 4 heteroatoms. The van der Waals surface area contributed by atoms with Gasteiger partial charge in [-0.3, -0.25) is 4.79 Å². The van der Waals surface area contributed by atoms with Crippen molar-refractivity contribution < 1.29 is 4.79 Å². The van der Waals surface area contributed by atoms with E-state index in [0.29, 0.717) is 23.2 Å². The summed E-state index contributed by atoms with van der Waals surface area (Å²) in [6, 6.07) is 3.30. The van der Waals surface area contributed by atoms with Crippen LogP contribution >= 0.6 is 11.6 Å². The minimum absolute atomic E-state index is 0.136. The number of hydrogen-bond donors (Lipinski definition) is 1. The molecule has 0 aliphatic rings. The lowest BCUT2D eigenvalue weighted by Gasteiger charge is -2.12. The van der Waals surface area contributed by atoms with Crippen LogP contribution in [-0.4, -0.2) is 17.4 Å². The van der Waals surface area contributed by atoms with Gasteiger partial charge >= 0.3 is 0 Å². The van der Waals surface area contributed by atoms with Crippen molar-refractivity contribution in [3.63, 3.8) is 0 Å². The van der Waals surface area contributed by atoms with E-state index >= 15 is 0 Å². The summed E-state index contributed by atoms with van der Waals surface area (Å²) in [5.41, 5.74) is 0.412. The molecule has 1 N–H and O–H groups in total. The van der Waals surface area contributed by atoms with Crippen LogP contribution < -0.4 is 5.32 Å². The number of carbonyl (C=O) groups is 1. The molecule has 88 valence electrons. The Morgan fingerprint density at radius 1 is 1.44 bits per heavy atom. The Morgan fingerprint density at radius 2 is 2.12 bits per heavy atom. The second kappa shape index (κ2) is 6.48. The van der Waals surface area contributed by atoms with Crippen LogP contribution in [0.2, 0.25) is 5.02 Å². The lowest BCUT2D eigenvalue weighted by Crippen LogP contribution is -2.29. The molecular formula is C12H17ClN2O. The van der Waals surface area contributed by atoms with Gasteiger partial charge in [0.2, 0.25) is 0 Å². The van der Waals surface area contributed by atoms with Gasteiger partial charge in [-0.2, -0.15) is 0 Å². The summed E-state index contributed by atoms with van der Waals surface area (Å²) in [7, 11) is 0. The van der Waals surface area contributed by atoms with Crippen molar-refractivity contribution in [1.29, 1.82) is 0 Å². The van der Waals surface area contributed by atoms with E-state index in [1.165, 1.54) is 6.20 Å². The fraction of sp³-hybridized carbons (Fsp3) is 0.500. The minimum atomic E-state index is -0.136. The van der Waals surface area contributed by atoms with Crippen molar-refractivity contribution in [3.05, 3.63) is 29.0 Å². The molecule has 0 unspecified atom stereocenters. The molecule has 0 fully saturated rings. The average Bonchev–Trinajstić information content (AvgIpc) is 2.31. The summed E-state index contributed by atoms with van der Waals surface area (Å²) in [6.45, 7) is 4.96. The molecule has 1 amide bonds. The number of rotatable bonds is 5. The van der Waals surface area contributed by atoms with Crippen LogP contribution in [0.5, 0.6) is 0 Å². The van der Waals surface area contributed by atoms with Crippen LogP contribution in [0.15, 0.2) is 18.3 Å². The molecule has 16 heavy (non-hydrogen) atoms. The zero-order valence-corrected chi connectivity index (χ0v) is 10.4. The highest BCUT2D eigenvalue weighted by Crippen LogP contribution is 2.07. The van der Waals surface area contributed by atoms with E-state index in [0.717, 1.165) is 12.8 Å². The third-order valence-electron chi connectivity index (χ3n) is 2.67. The fourth-order valence-corrected chi connectivity index (χ4v) is 1.53. The third-order valence-corrected chi connectivity index (χ3v) is 2.89. The summed E-state index contributed by atoms with van der Waals surface area (Å²) in [5, 5.41) is 3.41. The number of aromatic nitrogens is 1. The molecule has 0 radical (unpaired) electrons. The highest BCUT2D eigenvalue weighted by atomic mass is 35.5. The Kier molecular flexibility index (Phi) is 5.26. The van der Waals surface area contributed by atoms with Crippen molar-refractivity contribution in [3.8, 4) is 0 Å². The molecule has 1 aromatic heterocycles. The third kappa shape index (κ3) is 3.81. The highest BCUT2D eigenvalue weighted by molar-refractivity contribution is 6.30. The van der Waals surface area contributed by atoms with Crippen molar-refractivity contribution in [2.45, 2.75) is 26.7 Å². The maximum Gasteiger partial charge on any atom is 0.269 e. The number of nitrogens with one attached hydrogen (secondary N) is 1. The first kappa shape index (κ1) is 13.0. The van der Waals surface area contributed by atoms with E-state index in [1.807, 2.05) is 0 Å². The zero-order valence-electron chi connectivity index (χ0n) is 9.66. The number of nitrogens with zero attached hydrogens (tertiary/aromatic N) is 1. The summed E-state index contributed by atoms with van der Waals surface area (Å²) in [4.78, 5) is 15.6. The quantitative estimate of drug-likeness (QED) is 0.860. The van der Waals surface area contributed by atoms with E-state index in [9.17, 15) is 4.79 Å². The van der Waals surface area contributed by atoms with Crippen molar-refractivity contribution in [2.75, 3.05) is 6.54 Å². The Labute approximate surface area is 101 Å². The molecule has 0 spiro atoms. The van der Waals surface area contributed by atoms with Gasteiger partial charge in [-0.15, -0.1) is 0 Å². The maximum atomic E-state index is 11.7. The summed E-state index contributed by atoms with van der Waals surface area (Å²) < 4.78 is 0. The molecule has 0 atom stereocenters. The fourth-order valence-electron chi connectivity index (χ4n) is 1.42. The normalized spacial score (nSPS) is 10.5. The smallest absolute Gasteiger partial charge is 0.269 e. The monoisotopic (exact) mass is 240 g/mol. The Morgan fingerprint density at radius 3 is 2.62 bits per heavy atom. The van der Waals surface area contributed by atoms with Crippen LogP contribution in [0.3, 0.4) is 0 Å². The van der Waals surface area contributed by atoms with Gasteiger partial charge in [-0.1, -0.05) is 38.3 Å². The van der Waals surface area contributed by atoms with Crippen LogP contribution in [0.25, 0.3) is 0 Å². The number of halogens is 1. The molecular weight excluding hydrogens is 224 g/mol. The molecule has 1 rings (SSSR count). The summed E-state index contributed by atoms with van der Waals surface area (Å²) in [5.74, 6) is 0.403. The predicted octanol–water partition coefficient (Wildman–Crippen LogP) is 2.90. The first-order chi connectivity index (χ1) is 7.67. The van der Waals surface area contributed by atoms with Gasteiger partial charge < -0.3 is 5.32 Å². The summed E-state index contributed by atoms with van der Waals surface area (Å²) >= 11 is 5.69. The van der Waals surface area contributed by atoms with Crippen molar-refractivity contribution in [2.24, 2.45) is 5.92 Å². The van der Waals surface area contributed by atoms with Gasteiger partial charge in [-0.05, 0) is 18.1 Å². The largest absolute Gasteiger partial charge is 0.350 e. The molecule has 1 heterocycles. The van der Waals surface area contributed by atoms with Crippen molar-refractivity contribution >= 4 is 17.5 Å². The van der Waals surface area contributed by atoms with Gasteiger partial charge in [0, 0.05) is 12.7 Å². The lowest BCUT2D eigenvalue weighted by molar-refractivity contribution is 0.0941. The molecule has 0 saturated heterocycles. The topological polar surface area (TPSA) is 42.0 Å². The van der Waals surface area contributed by atoms with E-state index in [-0.39, 0.29) is 5.91 Å². The summed E-state index contributed by atoms with van der Waals surface area (Å²) in [6.07, 6.45) is 3.63. The van der Waals surface area contributed by atoms with Gasteiger partial charge in [0.25, 0.3) is 5.91 Å². The van der Waals surface area contributed by atoms with Gasteiger partial charge in [0.1, 0.15) is 5.69 Å². The Hall–Kier alpha value is -1.09. The number of pyridine rings is 1. The van der Waals surface area contributed by atoms with E-state index in [2.05, 4.69) is 24.1 Å². The van der Waals surface area contributed by atoms with E-state index < -0.39 is 0 Å². The van der Waals surface area contributed by atoms with Crippen LogP contribution in [-0.2, 0) is 0 Å². The highest BCUT2D eigenvalue weighted by Gasteiger charge is 2.09. The zero-order chi connectivity index (χ0) is 12.0. The number of carbonyl (C=O) groups excluding carboxylic acids is 1. The molecule has 0 bridgehead atoms. The average molecular weight is 241 g/mol. The molecule has 0 aliphatic carbocycles. The molecule has 0 saturated carbocycles. The first-order valence-corrected chi connectivity index (χ1v) is 5.94. The molecule has 3 nitrogen and oxygen atoms in total. The van der Waals surface area contributed by atoms with E-state index in [4.69, 9.17) is 11.6 Å². The van der Waals surface area contributed by atoms with Gasteiger partial charge in [-0.25, -0.2) is 4.98 Å². The van der Waals surface area contributed by atoms with Crippen LogP contribution in [0.4, 0.5) is 0 Å². The van der Waals surface area contributed by atoms with Gasteiger partial charge in [0.05, 0.1) is 5.02 Å². The Bertz CT molecular complexity index is 333. The lowest BCUT2D eigenvalue weighted by atomic mass is 10.0. The second-order valence-corrected chi connectivity index (χ2v) is 4.19. The predicted molar refractivity (Wildman–Crippen MR) is 65.7 cm³/mol. The molecule has 0 aliphatic heterocycles. The minimum Gasteiger partial charge on any atom is -0.350 e. The number of amides is 1. The van der Waals surface area contributed by atoms with Crippen LogP contribution in [0.1, 0.15) is 37.2 Å². The van der Waals surface area contributed by atoms with Crippen molar-refractivity contribution in [1.82, 2.24) is 10.3 Å². The van der Waals surface area contributed by atoms with Gasteiger partial charge in [0.15, 0.2) is 0 Å². The second-order valence-electron chi connectivity index (χ2n) is 3.75. The SMILES string of the molecule is CCC(CC)CNC(=O)c1ccc(Cl)cn1. The Balaban J connectivity index is 2.49.